The van der Waals surface area contributed by atoms with Crippen LogP contribution in [0.5, 0.6) is 0 Å². The zero-order chi connectivity index (χ0) is 22.1. The van der Waals surface area contributed by atoms with E-state index in [4.69, 9.17) is 4.98 Å². The summed E-state index contributed by atoms with van der Waals surface area (Å²) in [7, 11) is 1.74. The molecule has 5 rings (SSSR count). The number of piperidine rings is 1. The predicted octanol–water partition coefficient (Wildman–Crippen LogP) is 4.46. The van der Waals surface area contributed by atoms with Gasteiger partial charge in [-0.15, -0.1) is 0 Å². The van der Waals surface area contributed by atoms with Crippen LogP contribution in [-0.2, 0) is 4.79 Å². The van der Waals surface area contributed by atoms with E-state index in [-0.39, 0.29) is 0 Å². The Morgan fingerprint density at radius 3 is 2.62 bits per heavy atom. The highest BCUT2D eigenvalue weighted by atomic mass is 32.2. The quantitative estimate of drug-likeness (QED) is 0.338. The summed E-state index contributed by atoms with van der Waals surface area (Å²) in [5.74, 6) is 0.374. The van der Waals surface area contributed by atoms with Crippen LogP contribution in [0.3, 0.4) is 0 Å². The van der Waals surface area contributed by atoms with Crippen LogP contribution in [-0.4, -0.2) is 46.6 Å². The first-order valence-corrected chi connectivity index (χ1v) is 12.0. The summed E-state index contributed by atoms with van der Waals surface area (Å²) in [6.07, 6.45) is 13.9. The van der Waals surface area contributed by atoms with Crippen molar-refractivity contribution >= 4 is 41.1 Å². The zero-order valence-corrected chi connectivity index (χ0v) is 19.0. The lowest BCUT2D eigenvalue weighted by atomic mass is 9.77. The van der Waals surface area contributed by atoms with E-state index in [1.807, 2.05) is 28.9 Å². The second-order valence-electron chi connectivity index (χ2n) is 8.75. The van der Waals surface area contributed by atoms with E-state index < -0.39 is 5.78 Å². The van der Waals surface area contributed by atoms with Gasteiger partial charge in [-0.1, -0.05) is 30.7 Å². The molecule has 3 heterocycles. The van der Waals surface area contributed by atoms with Crippen molar-refractivity contribution in [1.29, 1.82) is 0 Å². The van der Waals surface area contributed by atoms with Gasteiger partial charge in [0, 0.05) is 49.3 Å². The van der Waals surface area contributed by atoms with Gasteiger partial charge in [0.25, 0.3) is 0 Å². The van der Waals surface area contributed by atoms with Gasteiger partial charge in [0.05, 0.1) is 10.5 Å². The van der Waals surface area contributed by atoms with Crippen LogP contribution in [0.4, 0.5) is 11.6 Å². The van der Waals surface area contributed by atoms with E-state index in [1.165, 1.54) is 50.3 Å². The number of imidazole rings is 1. The molecule has 0 atom stereocenters. The Hall–Kier alpha value is -2.87. The van der Waals surface area contributed by atoms with E-state index in [2.05, 4.69) is 15.2 Å². The molecule has 7 nitrogen and oxygen atoms in total. The minimum Gasteiger partial charge on any atom is -0.387 e. The zero-order valence-electron chi connectivity index (χ0n) is 18.2. The number of aromatic nitrogens is 3. The molecule has 2 aliphatic rings. The summed E-state index contributed by atoms with van der Waals surface area (Å²) in [5, 5.41) is 3.01. The third-order valence-electron chi connectivity index (χ3n) is 7.01. The van der Waals surface area contributed by atoms with Crippen molar-refractivity contribution in [3.63, 3.8) is 0 Å². The number of ketones is 1. The van der Waals surface area contributed by atoms with Crippen LogP contribution >= 0.6 is 11.8 Å². The van der Waals surface area contributed by atoms with Crippen molar-refractivity contribution < 1.29 is 9.59 Å². The van der Waals surface area contributed by atoms with Crippen LogP contribution in [0.2, 0.25) is 0 Å². The smallest absolute Gasteiger partial charge is 0.228 e. The maximum atomic E-state index is 12.3. The lowest BCUT2D eigenvalue weighted by molar-refractivity contribution is -0.104. The van der Waals surface area contributed by atoms with E-state index >= 15 is 0 Å². The number of aldehydes is 1. The highest BCUT2D eigenvalue weighted by molar-refractivity contribution is 7.99. The van der Waals surface area contributed by atoms with Crippen molar-refractivity contribution in [3.05, 3.63) is 42.4 Å². The Balaban J connectivity index is 1.45. The number of carbonyl (C=O) groups is 2. The number of Topliss-reactive ketones (excluding diaryl/α,β-unsaturated/α-hetero) is 1. The minimum absolute atomic E-state index is 0.361. The van der Waals surface area contributed by atoms with Crippen molar-refractivity contribution in [1.82, 2.24) is 14.4 Å². The van der Waals surface area contributed by atoms with Gasteiger partial charge in [0.15, 0.2) is 11.9 Å². The molecule has 2 fully saturated rings. The highest BCUT2D eigenvalue weighted by Crippen LogP contribution is 2.46. The lowest BCUT2D eigenvalue weighted by Crippen LogP contribution is -2.40. The molecule has 166 valence electrons. The number of carbonyl (C=O) groups excluding carboxylic acids is 2. The Kier molecular flexibility index (Phi) is 5.63. The summed E-state index contributed by atoms with van der Waals surface area (Å²) < 4.78 is 2.04. The van der Waals surface area contributed by atoms with Crippen LogP contribution < -0.4 is 10.2 Å². The Morgan fingerprint density at radius 2 is 1.91 bits per heavy atom. The molecule has 0 amide bonds. The van der Waals surface area contributed by atoms with E-state index in [0.29, 0.717) is 27.8 Å². The SMILES string of the molecule is CNc1cccc(Sc2cnc(N3CCC4(CCCC4)CC3)n3ccnc23)c1C(=O)C=O. The molecule has 0 unspecified atom stereocenters. The molecular formula is C24H27N5O2S. The van der Waals surface area contributed by atoms with Crippen LogP contribution in [0.1, 0.15) is 48.9 Å². The fourth-order valence-corrected chi connectivity index (χ4v) is 6.30. The highest BCUT2D eigenvalue weighted by Gasteiger charge is 2.37. The molecular weight excluding hydrogens is 422 g/mol. The molecule has 2 aromatic heterocycles. The standard InChI is InChI=1S/C24H27N5O2S/c1-25-17-5-4-6-19(21(17)18(31)16-30)32-20-15-27-23(29-14-11-26-22(20)29)28-12-9-24(10-13-28)7-2-3-8-24/h4-6,11,14-16,25H,2-3,7-10,12-13H2,1H3. The first-order chi connectivity index (χ1) is 15.6. The van der Waals surface area contributed by atoms with Gasteiger partial charge in [-0.25, -0.2) is 9.97 Å². The van der Waals surface area contributed by atoms with Crippen molar-refractivity contribution in [2.45, 2.75) is 48.3 Å². The number of nitrogens with one attached hydrogen (secondary N) is 1. The van der Waals surface area contributed by atoms with Crippen LogP contribution in [0.25, 0.3) is 5.65 Å². The number of benzene rings is 1. The molecule has 0 radical (unpaired) electrons. The number of hydrogen-bond donors (Lipinski definition) is 1. The van der Waals surface area contributed by atoms with Gasteiger partial charge in [-0.05, 0) is 43.2 Å². The van der Waals surface area contributed by atoms with E-state index in [1.54, 1.807) is 19.3 Å². The van der Waals surface area contributed by atoms with Gasteiger partial charge in [-0.3, -0.25) is 14.0 Å². The maximum Gasteiger partial charge on any atom is 0.228 e. The molecule has 32 heavy (non-hydrogen) atoms. The summed E-state index contributed by atoms with van der Waals surface area (Å²) in [4.78, 5) is 36.9. The number of hydrogen-bond acceptors (Lipinski definition) is 7. The molecule has 1 aliphatic carbocycles. The fraction of sp³-hybridized carbons (Fsp3) is 0.417. The number of rotatable bonds is 6. The van der Waals surface area contributed by atoms with Gasteiger partial charge in [0.2, 0.25) is 11.7 Å². The monoisotopic (exact) mass is 449 g/mol. The topological polar surface area (TPSA) is 79.6 Å². The maximum absolute atomic E-state index is 12.3. The van der Waals surface area contributed by atoms with Crippen molar-refractivity contribution in [2.75, 3.05) is 30.4 Å². The molecule has 3 aromatic rings. The van der Waals surface area contributed by atoms with E-state index in [0.717, 1.165) is 29.6 Å². The van der Waals surface area contributed by atoms with Crippen molar-refractivity contribution in [2.24, 2.45) is 5.41 Å². The normalized spacial score (nSPS) is 17.7. The first kappa shape index (κ1) is 21.0. The molecule has 1 spiro atoms. The number of fused-ring (bicyclic) bond motifs is 1. The van der Waals surface area contributed by atoms with E-state index in [9.17, 15) is 9.59 Å². The Morgan fingerprint density at radius 1 is 1.12 bits per heavy atom. The van der Waals surface area contributed by atoms with Gasteiger partial charge in [-0.2, -0.15) is 0 Å². The third kappa shape index (κ3) is 3.66. The van der Waals surface area contributed by atoms with Crippen molar-refractivity contribution in [3.8, 4) is 0 Å². The largest absolute Gasteiger partial charge is 0.387 e. The fourth-order valence-electron chi connectivity index (χ4n) is 5.25. The average Bonchev–Trinajstić information content (AvgIpc) is 3.50. The molecule has 8 heteroatoms. The Bertz CT molecular complexity index is 1160. The third-order valence-corrected chi connectivity index (χ3v) is 8.08. The Labute approximate surface area is 191 Å². The minimum atomic E-state index is -0.546. The molecule has 1 saturated heterocycles. The first-order valence-electron chi connectivity index (χ1n) is 11.2. The molecule has 0 bridgehead atoms. The summed E-state index contributed by atoms with van der Waals surface area (Å²) in [6.45, 7) is 2.05. The van der Waals surface area contributed by atoms with Crippen LogP contribution in [0, 0.1) is 5.41 Å². The molecule has 1 N–H and O–H groups in total. The lowest BCUT2D eigenvalue weighted by Gasteiger charge is -2.39. The second-order valence-corrected chi connectivity index (χ2v) is 9.83. The summed E-state index contributed by atoms with van der Waals surface area (Å²) >= 11 is 1.41. The molecule has 1 saturated carbocycles. The van der Waals surface area contributed by atoms with Gasteiger partial charge in [0.1, 0.15) is 0 Å². The second kappa shape index (κ2) is 8.58. The van der Waals surface area contributed by atoms with Gasteiger partial charge < -0.3 is 10.2 Å². The number of anilines is 2. The van der Waals surface area contributed by atoms with Gasteiger partial charge >= 0.3 is 0 Å². The average molecular weight is 450 g/mol. The number of nitrogens with zero attached hydrogens (tertiary/aromatic N) is 4. The van der Waals surface area contributed by atoms with Crippen LogP contribution in [0.15, 0.2) is 46.6 Å². The predicted molar refractivity (Wildman–Crippen MR) is 126 cm³/mol. The molecule has 1 aromatic carbocycles. The summed E-state index contributed by atoms with van der Waals surface area (Å²) in [6, 6.07) is 5.51. The molecule has 1 aliphatic heterocycles. The summed E-state index contributed by atoms with van der Waals surface area (Å²) in [5.41, 5.74) is 2.37.